The number of carbonyl (C=O) groups is 1. The number of hydrogen-bond acceptors (Lipinski definition) is 4. The average molecular weight is 326 g/mol. The van der Waals surface area contributed by atoms with E-state index in [0.29, 0.717) is 19.5 Å². The molecule has 24 heavy (non-hydrogen) atoms. The summed E-state index contributed by atoms with van der Waals surface area (Å²) in [4.78, 5) is 14.1. The van der Waals surface area contributed by atoms with Crippen molar-refractivity contribution < 1.29 is 14.4 Å². The van der Waals surface area contributed by atoms with E-state index >= 15 is 0 Å². The first-order chi connectivity index (χ1) is 11.6. The number of likely N-dealkylation sites (tertiary alicyclic amines) is 1. The summed E-state index contributed by atoms with van der Waals surface area (Å²) in [5, 5.41) is 14.2. The average Bonchev–Trinajstić information content (AvgIpc) is 3.00. The van der Waals surface area contributed by atoms with E-state index in [9.17, 15) is 9.90 Å². The van der Waals surface area contributed by atoms with Crippen molar-refractivity contribution in [2.75, 3.05) is 13.1 Å². The number of hydrogen-bond donors (Lipinski definition) is 1. The lowest BCUT2D eigenvalue weighted by atomic mass is 10.0. The van der Waals surface area contributed by atoms with Gasteiger partial charge < -0.3 is 14.5 Å². The van der Waals surface area contributed by atoms with Crippen LogP contribution in [0.5, 0.6) is 0 Å². The zero-order valence-electron chi connectivity index (χ0n) is 13.8. The maximum atomic E-state index is 12.4. The highest BCUT2D eigenvalue weighted by atomic mass is 16.5. The molecular weight excluding hydrogens is 304 g/mol. The van der Waals surface area contributed by atoms with E-state index < -0.39 is 6.10 Å². The van der Waals surface area contributed by atoms with Crippen molar-refractivity contribution in [1.82, 2.24) is 10.1 Å². The van der Waals surface area contributed by atoms with Crippen molar-refractivity contribution in [3.8, 4) is 0 Å². The Morgan fingerprint density at radius 1 is 1.33 bits per heavy atom. The Bertz CT molecular complexity index is 711. The molecule has 2 heterocycles. The lowest BCUT2D eigenvalue weighted by Gasteiger charge is -2.30. The number of aromatic nitrogens is 1. The third-order valence-corrected chi connectivity index (χ3v) is 4.27. The van der Waals surface area contributed by atoms with Crippen LogP contribution in [-0.2, 0) is 11.2 Å². The van der Waals surface area contributed by atoms with Crippen molar-refractivity contribution in [3.05, 3.63) is 59.0 Å². The molecule has 1 amide bonds. The first-order valence-electron chi connectivity index (χ1n) is 8.25. The summed E-state index contributed by atoms with van der Waals surface area (Å²) in [6.07, 6.45) is 3.01. The lowest BCUT2D eigenvalue weighted by molar-refractivity contribution is -0.140. The number of carbonyl (C=O) groups excluding carboxylic acids is 1. The molecule has 1 fully saturated rings. The smallest absolute Gasteiger partial charge is 0.251 e. The summed E-state index contributed by atoms with van der Waals surface area (Å²) in [6, 6.07) is 11.5. The van der Waals surface area contributed by atoms with Crippen LogP contribution in [0.4, 0.5) is 0 Å². The molecule has 5 nitrogen and oxygen atoms in total. The van der Waals surface area contributed by atoms with Gasteiger partial charge in [-0.05, 0) is 31.4 Å². The van der Waals surface area contributed by atoms with Crippen molar-refractivity contribution in [2.45, 2.75) is 32.3 Å². The summed E-state index contributed by atoms with van der Waals surface area (Å²) in [5.74, 6) is 0.605. The molecule has 5 heteroatoms. The second-order valence-electron chi connectivity index (χ2n) is 6.20. The molecule has 3 rings (SSSR count). The summed E-state index contributed by atoms with van der Waals surface area (Å²) in [6.45, 7) is 3.13. The van der Waals surface area contributed by atoms with E-state index in [1.807, 2.05) is 49.4 Å². The maximum Gasteiger partial charge on any atom is 0.251 e. The van der Waals surface area contributed by atoms with E-state index in [1.165, 1.54) is 5.57 Å². The molecule has 1 N–H and O–H groups in total. The van der Waals surface area contributed by atoms with Gasteiger partial charge in [0, 0.05) is 25.6 Å². The summed E-state index contributed by atoms with van der Waals surface area (Å²) in [5.41, 5.74) is 3.05. The Labute approximate surface area is 141 Å². The molecule has 1 aromatic carbocycles. The van der Waals surface area contributed by atoms with Gasteiger partial charge in [-0.3, -0.25) is 4.79 Å². The Balaban J connectivity index is 1.54. The van der Waals surface area contributed by atoms with Crippen LogP contribution in [0, 0.1) is 6.92 Å². The molecule has 0 aliphatic carbocycles. The fourth-order valence-corrected chi connectivity index (χ4v) is 2.96. The van der Waals surface area contributed by atoms with Crippen LogP contribution in [0.3, 0.4) is 0 Å². The van der Waals surface area contributed by atoms with Crippen LogP contribution in [0.25, 0.3) is 6.08 Å². The highest BCUT2D eigenvalue weighted by Gasteiger charge is 2.25. The molecule has 126 valence electrons. The fraction of sp³-hybridized carbons (Fsp3) is 0.368. The second kappa shape index (κ2) is 7.45. The highest BCUT2D eigenvalue weighted by molar-refractivity contribution is 5.81. The Kier molecular flexibility index (Phi) is 5.11. The Morgan fingerprint density at radius 2 is 2.04 bits per heavy atom. The number of amides is 1. The Morgan fingerprint density at radius 3 is 2.67 bits per heavy atom. The van der Waals surface area contributed by atoms with E-state index in [2.05, 4.69) is 5.16 Å². The molecule has 0 unspecified atom stereocenters. The van der Waals surface area contributed by atoms with Gasteiger partial charge >= 0.3 is 0 Å². The molecule has 2 aromatic rings. The number of aryl methyl sites for hydroxylation is 1. The summed E-state index contributed by atoms with van der Waals surface area (Å²) < 4.78 is 5.06. The molecule has 1 aliphatic heterocycles. The zero-order chi connectivity index (χ0) is 16.9. The largest absolute Gasteiger partial charge is 0.383 e. The molecule has 1 aliphatic rings. The molecule has 1 aromatic heterocycles. The molecule has 0 saturated carbocycles. The minimum absolute atomic E-state index is 0.185. The van der Waals surface area contributed by atoms with Gasteiger partial charge in [-0.2, -0.15) is 0 Å². The van der Waals surface area contributed by atoms with Gasteiger partial charge in [-0.25, -0.2) is 0 Å². The lowest BCUT2D eigenvalue weighted by Crippen LogP contribution is -2.43. The number of piperidine rings is 1. The SMILES string of the molecule is Cc1cc(C=C2CCN(C(=O)[C@@H](O)Cc3ccccc3)CC2)no1. The monoisotopic (exact) mass is 326 g/mol. The third-order valence-electron chi connectivity index (χ3n) is 4.27. The normalized spacial score (nSPS) is 16.1. The number of rotatable bonds is 4. The number of nitrogens with zero attached hydrogens (tertiary/aromatic N) is 2. The minimum atomic E-state index is -0.976. The highest BCUT2D eigenvalue weighted by Crippen LogP contribution is 2.20. The number of aliphatic hydroxyl groups is 1. The first kappa shape index (κ1) is 16.5. The number of aliphatic hydroxyl groups excluding tert-OH is 1. The van der Waals surface area contributed by atoms with Crippen molar-refractivity contribution in [1.29, 1.82) is 0 Å². The van der Waals surface area contributed by atoms with Gasteiger partial charge in [-0.15, -0.1) is 0 Å². The minimum Gasteiger partial charge on any atom is -0.383 e. The third kappa shape index (κ3) is 4.11. The molecule has 0 spiro atoms. The first-order valence-corrected chi connectivity index (χ1v) is 8.25. The maximum absolute atomic E-state index is 12.4. The molecule has 0 radical (unpaired) electrons. The molecule has 1 saturated heterocycles. The van der Waals surface area contributed by atoms with Crippen LogP contribution in [0.2, 0.25) is 0 Å². The predicted octanol–water partition coefficient (Wildman–Crippen LogP) is 2.59. The quantitative estimate of drug-likeness (QED) is 0.938. The van der Waals surface area contributed by atoms with E-state index in [1.54, 1.807) is 4.90 Å². The van der Waals surface area contributed by atoms with Crippen LogP contribution in [-0.4, -0.2) is 40.3 Å². The van der Waals surface area contributed by atoms with Gasteiger partial charge in [0.05, 0.1) is 0 Å². The van der Waals surface area contributed by atoms with E-state index in [-0.39, 0.29) is 5.91 Å². The van der Waals surface area contributed by atoms with Crippen LogP contribution in [0.1, 0.15) is 29.9 Å². The van der Waals surface area contributed by atoms with Crippen molar-refractivity contribution in [2.24, 2.45) is 0 Å². The molecule has 0 bridgehead atoms. The fourth-order valence-electron chi connectivity index (χ4n) is 2.96. The van der Waals surface area contributed by atoms with Crippen molar-refractivity contribution in [3.63, 3.8) is 0 Å². The second-order valence-corrected chi connectivity index (χ2v) is 6.20. The van der Waals surface area contributed by atoms with E-state index in [0.717, 1.165) is 29.9 Å². The Hall–Kier alpha value is -2.40. The zero-order valence-corrected chi connectivity index (χ0v) is 13.8. The molecular formula is C19H22N2O3. The van der Waals surface area contributed by atoms with Gasteiger partial charge in [0.25, 0.3) is 5.91 Å². The van der Waals surface area contributed by atoms with Gasteiger partial charge in [-0.1, -0.05) is 41.1 Å². The standard InChI is InChI=1S/C19H22N2O3/c1-14-11-17(20-24-14)12-16-7-9-21(10-8-16)19(23)18(22)13-15-5-3-2-4-6-15/h2-6,11-12,18,22H,7-10,13H2,1H3/t18-/m0/s1. The van der Waals surface area contributed by atoms with Crippen LogP contribution in [0.15, 0.2) is 46.5 Å². The van der Waals surface area contributed by atoms with Crippen LogP contribution < -0.4 is 0 Å². The summed E-state index contributed by atoms with van der Waals surface area (Å²) in [7, 11) is 0. The predicted molar refractivity (Wildman–Crippen MR) is 91.2 cm³/mol. The van der Waals surface area contributed by atoms with Crippen LogP contribution >= 0.6 is 0 Å². The van der Waals surface area contributed by atoms with Gasteiger partial charge in [0.1, 0.15) is 17.6 Å². The molecule has 1 atom stereocenters. The van der Waals surface area contributed by atoms with Gasteiger partial charge in [0.2, 0.25) is 0 Å². The van der Waals surface area contributed by atoms with Crippen molar-refractivity contribution >= 4 is 12.0 Å². The topological polar surface area (TPSA) is 66.6 Å². The van der Waals surface area contributed by atoms with Gasteiger partial charge in [0.15, 0.2) is 0 Å². The van der Waals surface area contributed by atoms with E-state index in [4.69, 9.17) is 4.52 Å². The summed E-state index contributed by atoms with van der Waals surface area (Å²) >= 11 is 0. The number of benzene rings is 1.